The average molecular weight is 1080 g/mol. The summed E-state index contributed by atoms with van der Waals surface area (Å²) in [4.78, 5) is 23.1. The fourth-order valence-corrected chi connectivity index (χ4v) is 10.6. The highest BCUT2D eigenvalue weighted by Crippen LogP contribution is 2.46. The number of nitro groups is 2. The Labute approximate surface area is 411 Å². The summed E-state index contributed by atoms with van der Waals surface area (Å²) in [6.45, 7) is 1.75. The molecule has 0 fully saturated rings. The molecule has 0 N–H and O–H groups in total. The lowest BCUT2D eigenvalue weighted by Crippen LogP contribution is -2.38. The van der Waals surface area contributed by atoms with Gasteiger partial charge in [-0.2, -0.15) is 10.2 Å². The molecule has 10 aromatic rings. The van der Waals surface area contributed by atoms with Crippen LogP contribution in [-0.4, -0.2) is 29.4 Å². The maximum Gasteiger partial charge on any atom is 0.275 e. The Kier molecular flexibility index (Phi) is 12.8. The van der Waals surface area contributed by atoms with Crippen molar-refractivity contribution in [1.29, 1.82) is 0 Å². The molecule has 0 saturated carbocycles. The second-order valence-corrected chi connectivity index (χ2v) is 17.9. The van der Waals surface area contributed by atoms with Crippen molar-refractivity contribution in [3.63, 3.8) is 0 Å². The van der Waals surface area contributed by atoms with Gasteiger partial charge in [-0.1, -0.05) is 198 Å². The highest BCUT2D eigenvalue weighted by atomic mass is 79.9. The van der Waals surface area contributed by atoms with E-state index in [4.69, 9.17) is 10.2 Å². The first-order valence-electron chi connectivity index (χ1n) is 21.2. The maximum atomic E-state index is 11.9. The summed E-state index contributed by atoms with van der Waals surface area (Å²) in [6, 6.07) is 67.7. The maximum absolute atomic E-state index is 11.9. The van der Waals surface area contributed by atoms with Gasteiger partial charge in [0, 0.05) is 39.4 Å². The molecule has 0 atom stereocenters. The number of nitrogens with zero attached hydrogens (tertiary/aromatic N) is 6. The Bertz CT molecular complexity index is 3180. The van der Waals surface area contributed by atoms with Gasteiger partial charge < -0.3 is 0 Å². The highest BCUT2D eigenvalue weighted by molar-refractivity contribution is 9.11. The molecule has 0 aliphatic rings. The lowest BCUT2D eigenvalue weighted by Gasteiger charge is -2.37. The predicted octanol–water partition coefficient (Wildman–Crippen LogP) is 14.3. The van der Waals surface area contributed by atoms with E-state index in [1.807, 2.05) is 131 Å². The summed E-state index contributed by atoms with van der Waals surface area (Å²) in [6.07, 6.45) is 0. The molecule has 0 aliphatic heterocycles. The van der Waals surface area contributed by atoms with E-state index in [-0.39, 0.29) is 21.2 Å². The zero-order valence-corrected chi connectivity index (χ0v) is 40.5. The smallest absolute Gasteiger partial charge is 0.258 e. The van der Waals surface area contributed by atoms with Crippen LogP contribution in [-0.2, 0) is 16.4 Å². The number of nitro benzene ring substituents is 2. The van der Waals surface area contributed by atoms with Crippen LogP contribution in [0.2, 0.25) is 0 Å². The summed E-state index contributed by atoms with van der Waals surface area (Å²) in [5, 5.41) is 35.7. The van der Waals surface area contributed by atoms with Gasteiger partial charge >= 0.3 is 0 Å². The molecule has 0 radical (unpaired) electrons. The number of benzene rings is 8. The number of halogens is 3. The van der Waals surface area contributed by atoms with E-state index >= 15 is 0 Å². The van der Waals surface area contributed by atoms with Gasteiger partial charge in [0.2, 0.25) is 0 Å². The summed E-state index contributed by atoms with van der Waals surface area (Å²) >= 11 is 10.7. The van der Waals surface area contributed by atoms with Crippen molar-refractivity contribution in [2.24, 2.45) is 0 Å². The van der Waals surface area contributed by atoms with E-state index in [1.54, 1.807) is 19.1 Å². The van der Waals surface area contributed by atoms with Crippen LogP contribution in [0, 0.1) is 27.2 Å². The molecule has 0 bridgehead atoms. The Balaban J connectivity index is 0.000000168. The van der Waals surface area contributed by atoms with E-state index in [0.717, 1.165) is 44.2 Å². The summed E-state index contributed by atoms with van der Waals surface area (Å²) in [7, 11) is 0. The normalized spacial score (nSPS) is 11.6. The van der Waals surface area contributed by atoms with Gasteiger partial charge in [0.1, 0.15) is 20.3 Å². The summed E-state index contributed by atoms with van der Waals surface area (Å²) in [5.74, 6) is 0. The van der Waals surface area contributed by atoms with Gasteiger partial charge in [-0.25, -0.2) is 9.36 Å². The Morgan fingerprint density at radius 2 is 0.746 bits per heavy atom. The third-order valence-electron chi connectivity index (χ3n) is 12.1. The van der Waals surface area contributed by atoms with Gasteiger partial charge in [-0.15, -0.1) is 0 Å². The van der Waals surface area contributed by atoms with Crippen molar-refractivity contribution in [3.8, 4) is 0 Å². The topological polar surface area (TPSA) is 122 Å². The SMILES string of the molecule is Cc1cc2c(Br)nn(C(c3ccccc3)(c3ccccc3)c3ccccc3)c2cc1[N+](=O)[O-].O=[N+]([O-])c1cc2c(cc1CBr)c(Br)nn2C(c1ccccc1)(c1ccccc1)c1ccccc1. The van der Waals surface area contributed by atoms with E-state index in [0.29, 0.717) is 36.7 Å². The van der Waals surface area contributed by atoms with Crippen LogP contribution >= 0.6 is 47.8 Å². The first-order valence-corrected chi connectivity index (χ1v) is 23.9. The molecule has 0 aliphatic carbocycles. The van der Waals surface area contributed by atoms with Gasteiger partial charge in [-0.05, 0) is 84.3 Å². The first kappa shape index (κ1) is 45.1. The van der Waals surface area contributed by atoms with Crippen LogP contribution in [0.1, 0.15) is 44.5 Å². The number of alkyl halides is 1. The third kappa shape index (κ3) is 7.96. The molecule has 0 saturated heterocycles. The standard InChI is InChI=1S/C27H19Br2N3O2.C27H20BrN3O2/c28-18-19-16-23-25(17-24(19)32(33)34)31(30-26(23)29)27(20-10-4-1-5-11-20,21-12-6-2-7-13-21)22-14-8-3-9-15-22;1-19-17-23-25(18-24(19)31(32)33)30(29-26(23)28)27(20-11-5-2-6-12-20,21-13-7-3-8-14-21)22-15-9-4-10-16-22/h1-17H,18H2;2-18H,1H3. The van der Waals surface area contributed by atoms with E-state index in [1.165, 1.54) is 0 Å². The largest absolute Gasteiger partial charge is 0.275 e. The van der Waals surface area contributed by atoms with E-state index in [9.17, 15) is 20.2 Å². The monoisotopic (exact) mass is 1070 g/mol. The van der Waals surface area contributed by atoms with Gasteiger partial charge in [0.05, 0.1) is 20.9 Å². The van der Waals surface area contributed by atoms with Crippen molar-refractivity contribution >= 4 is 81.0 Å². The Morgan fingerprint density at radius 3 is 1.03 bits per heavy atom. The number of aryl methyl sites for hydroxylation is 1. The van der Waals surface area contributed by atoms with Crippen molar-refractivity contribution in [2.75, 3.05) is 0 Å². The van der Waals surface area contributed by atoms with Crippen LogP contribution < -0.4 is 0 Å². The van der Waals surface area contributed by atoms with Crippen molar-refractivity contribution in [1.82, 2.24) is 19.6 Å². The number of rotatable bonds is 11. The van der Waals surface area contributed by atoms with Crippen molar-refractivity contribution in [2.45, 2.75) is 23.3 Å². The number of hydrogen-bond acceptors (Lipinski definition) is 6. The fourth-order valence-electron chi connectivity index (χ4n) is 9.17. The van der Waals surface area contributed by atoms with Crippen molar-refractivity contribution in [3.05, 3.63) is 280 Å². The minimum atomic E-state index is -0.863. The third-order valence-corrected chi connectivity index (χ3v) is 13.9. The Morgan fingerprint density at radius 1 is 0.463 bits per heavy atom. The summed E-state index contributed by atoms with van der Waals surface area (Å²) < 4.78 is 5.10. The quantitative estimate of drug-likeness (QED) is 0.0550. The number of fused-ring (bicyclic) bond motifs is 2. The van der Waals surface area contributed by atoms with E-state index in [2.05, 4.69) is 121 Å². The minimum Gasteiger partial charge on any atom is -0.258 e. The molecule has 330 valence electrons. The molecule has 2 aromatic heterocycles. The molecular formula is C54H39Br3N6O4. The average Bonchev–Trinajstić information content (AvgIpc) is 3.87. The fraction of sp³-hybridized carbons (Fsp3) is 0.0741. The molecule has 0 amide bonds. The first-order chi connectivity index (χ1) is 32.6. The van der Waals surface area contributed by atoms with Gasteiger partial charge in [-0.3, -0.25) is 20.2 Å². The van der Waals surface area contributed by atoms with Gasteiger partial charge in [0.25, 0.3) is 11.4 Å². The lowest BCUT2D eigenvalue weighted by atomic mass is 9.77. The molecule has 13 heteroatoms. The number of aromatic nitrogens is 4. The predicted molar refractivity (Wildman–Crippen MR) is 275 cm³/mol. The highest BCUT2D eigenvalue weighted by Gasteiger charge is 2.43. The minimum absolute atomic E-state index is 0.0566. The summed E-state index contributed by atoms with van der Waals surface area (Å²) in [5.41, 5.74) is 6.95. The van der Waals surface area contributed by atoms with E-state index < -0.39 is 11.1 Å². The zero-order valence-electron chi connectivity index (χ0n) is 35.8. The lowest BCUT2D eigenvalue weighted by molar-refractivity contribution is -0.385. The second kappa shape index (κ2) is 19.0. The van der Waals surface area contributed by atoms with Crippen LogP contribution in [0.5, 0.6) is 0 Å². The second-order valence-electron chi connectivity index (χ2n) is 15.8. The molecule has 0 unspecified atom stereocenters. The zero-order chi connectivity index (χ0) is 46.7. The Hall–Kier alpha value is -7.06. The number of hydrogen-bond donors (Lipinski definition) is 0. The van der Waals surface area contributed by atoms with Crippen LogP contribution in [0.15, 0.2) is 215 Å². The molecule has 67 heavy (non-hydrogen) atoms. The molecule has 0 spiro atoms. The van der Waals surface area contributed by atoms with Gasteiger partial charge in [0.15, 0.2) is 0 Å². The molecule has 10 rings (SSSR count). The molecule has 10 nitrogen and oxygen atoms in total. The van der Waals surface area contributed by atoms with Crippen LogP contribution in [0.25, 0.3) is 21.8 Å². The van der Waals surface area contributed by atoms with Crippen LogP contribution in [0.3, 0.4) is 0 Å². The van der Waals surface area contributed by atoms with Crippen LogP contribution in [0.4, 0.5) is 11.4 Å². The molecule has 8 aromatic carbocycles. The molecular weight excluding hydrogens is 1040 g/mol. The van der Waals surface area contributed by atoms with Crippen molar-refractivity contribution < 1.29 is 9.85 Å². The molecule has 2 heterocycles.